The third-order valence-corrected chi connectivity index (χ3v) is 4.84. The molecule has 6 nitrogen and oxygen atoms in total. The second kappa shape index (κ2) is 6.04. The highest BCUT2D eigenvalue weighted by Gasteiger charge is 2.27. The minimum Gasteiger partial charge on any atom is -0.481 e. The van der Waals surface area contributed by atoms with Gasteiger partial charge in [0.25, 0.3) is 10.0 Å². The number of benzene rings is 1. The van der Waals surface area contributed by atoms with E-state index in [1.54, 1.807) is 24.3 Å². The molecule has 1 aromatic carbocycles. The Hall–Kier alpha value is -1.89. The zero-order valence-electron chi connectivity index (χ0n) is 10.9. The van der Waals surface area contributed by atoms with Crippen molar-refractivity contribution < 1.29 is 18.3 Å². The molecule has 1 N–H and O–H groups in total. The summed E-state index contributed by atoms with van der Waals surface area (Å²) in [6, 6.07) is 6.61. The zero-order valence-corrected chi connectivity index (χ0v) is 11.7. The molecule has 0 spiro atoms. The van der Waals surface area contributed by atoms with Gasteiger partial charge in [-0.3, -0.25) is 9.10 Å². The highest BCUT2D eigenvalue weighted by atomic mass is 32.2. The highest BCUT2D eigenvalue weighted by molar-refractivity contribution is 7.89. The first-order valence-corrected chi connectivity index (χ1v) is 7.82. The van der Waals surface area contributed by atoms with Crippen LogP contribution in [0.25, 0.3) is 0 Å². The van der Waals surface area contributed by atoms with Crippen LogP contribution in [-0.4, -0.2) is 36.7 Å². The van der Waals surface area contributed by atoms with Gasteiger partial charge in [-0.15, -0.1) is 0 Å². The van der Waals surface area contributed by atoms with Gasteiger partial charge in [0.1, 0.15) is 11.2 Å². The number of carboxylic acid groups (broad SMARTS) is 1. The van der Waals surface area contributed by atoms with Crippen LogP contribution < -0.4 is 0 Å². The zero-order chi connectivity index (χ0) is 14.6. The number of carboxylic acids is 1. The van der Waals surface area contributed by atoms with E-state index < -0.39 is 16.0 Å². The summed E-state index contributed by atoms with van der Waals surface area (Å²) in [6.45, 7) is 0.319. The Morgan fingerprint density at radius 3 is 2.70 bits per heavy atom. The van der Waals surface area contributed by atoms with Crippen molar-refractivity contribution in [1.82, 2.24) is 4.31 Å². The Morgan fingerprint density at radius 1 is 1.20 bits per heavy atom. The van der Waals surface area contributed by atoms with Gasteiger partial charge in [0.15, 0.2) is 0 Å². The number of hydrogen-bond donors (Lipinski definition) is 1. The molecule has 0 aliphatic carbocycles. The van der Waals surface area contributed by atoms with Crippen molar-refractivity contribution in [2.75, 3.05) is 6.54 Å². The number of carbonyl (C=O) groups is 1. The molecule has 2 rings (SSSR count). The van der Waals surface area contributed by atoms with Crippen molar-refractivity contribution in [3.05, 3.63) is 24.3 Å². The number of hydrogen-bond acceptors (Lipinski definition) is 4. The number of aliphatic carboxylic acids is 1. The molecule has 0 saturated carbocycles. The van der Waals surface area contributed by atoms with E-state index >= 15 is 0 Å². The third kappa shape index (κ3) is 3.16. The summed E-state index contributed by atoms with van der Waals surface area (Å²) in [5.74, 6) is -0.828. The first-order valence-electron chi connectivity index (χ1n) is 6.38. The molecule has 1 aromatic rings. The predicted octanol–water partition coefficient (Wildman–Crippen LogP) is 2.00. The topological polar surface area (TPSA) is 87.0 Å². The molecule has 0 aromatic heterocycles. The third-order valence-electron chi connectivity index (χ3n) is 3.05. The summed E-state index contributed by atoms with van der Waals surface area (Å²) in [4.78, 5) is 14.7. The van der Waals surface area contributed by atoms with Crippen molar-refractivity contribution >= 4 is 28.0 Å². The maximum Gasteiger partial charge on any atom is 0.303 e. The molecule has 0 saturated heterocycles. The quantitative estimate of drug-likeness (QED) is 0.813. The van der Waals surface area contributed by atoms with Crippen molar-refractivity contribution in [1.29, 1.82) is 0 Å². The van der Waals surface area contributed by atoms with Gasteiger partial charge in [-0.1, -0.05) is 18.6 Å². The maximum absolute atomic E-state index is 12.3. The van der Waals surface area contributed by atoms with Crippen molar-refractivity contribution in [3.63, 3.8) is 0 Å². The number of nitrogens with zero attached hydrogens (tertiary/aromatic N) is 2. The lowest BCUT2D eigenvalue weighted by atomic mass is 10.2. The van der Waals surface area contributed by atoms with Crippen molar-refractivity contribution in [2.45, 2.75) is 30.6 Å². The fraction of sp³-hybridized carbons (Fsp3) is 0.385. The average molecular weight is 296 g/mol. The smallest absolute Gasteiger partial charge is 0.303 e. The normalized spacial score (nSPS) is 15.9. The lowest BCUT2D eigenvalue weighted by Crippen LogP contribution is -2.32. The lowest BCUT2D eigenvalue weighted by Gasteiger charge is -2.23. The summed E-state index contributed by atoms with van der Waals surface area (Å²) in [5.41, 5.74) is 0.453. The second-order valence-electron chi connectivity index (χ2n) is 4.53. The molecule has 1 aliphatic heterocycles. The number of fused-ring (bicyclic) bond motifs is 1. The number of aliphatic imine (C=N–C) groups is 1. The van der Waals surface area contributed by atoms with E-state index in [1.165, 1.54) is 10.6 Å². The largest absolute Gasteiger partial charge is 0.481 e. The fourth-order valence-corrected chi connectivity index (χ4v) is 3.42. The number of rotatable bonds is 6. The van der Waals surface area contributed by atoms with Gasteiger partial charge in [0.05, 0.1) is 5.69 Å². The maximum atomic E-state index is 12.3. The van der Waals surface area contributed by atoms with E-state index in [1.807, 2.05) is 0 Å². The van der Waals surface area contributed by atoms with Crippen LogP contribution >= 0.6 is 0 Å². The van der Waals surface area contributed by atoms with Crippen LogP contribution in [0.5, 0.6) is 0 Å². The van der Waals surface area contributed by atoms with Crippen molar-refractivity contribution in [2.24, 2.45) is 4.99 Å². The Kier molecular flexibility index (Phi) is 4.39. The van der Waals surface area contributed by atoms with E-state index in [9.17, 15) is 13.2 Å². The van der Waals surface area contributed by atoms with Crippen molar-refractivity contribution in [3.8, 4) is 0 Å². The first-order chi connectivity index (χ1) is 9.51. The standard InChI is InChI=1S/C13H16N2O4S/c16-13(17)8-2-1-5-9-15-10-14-11-6-3-4-7-12(11)20(15,18)19/h3-4,6-7,10H,1-2,5,8-9H2,(H,16,17). The van der Waals surface area contributed by atoms with Gasteiger partial charge in [0.2, 0.25) is 0 Å². The van der Waals surface area contributed by atoms with Crippen LogP contribution in [0.4, 0.5) is 5.69 Å². The SMILES string of the molecule is O=C(O)CCCCCN1C=Nc2ccccc2S1(=O)=O. The highest BCUT2D eigenvalue weighted by Crippen LogP contribution is 2.29. The van der Waals surface area contributed by atoms with E-state index in [0.717, 1.165) is 0 Å². The van der Waals surface area contributed by atoms with Crippen LogP contribution in [0.15, 0.2) is 34.2 Å². The van der Waals surface area contributed by atoms with Crippen LogP contribution in [0.1, 0.15) is 25.7 Å². The molecule has 1 aliphatic rings. The minimum atomic E-state index is -3.52. The fourth-order valence-electron chi connectivity index (χ4n) is 2.00. The van der Waals surface area contributed by atoms with Crippen LogP contribution in [-0.2, 0) is 14.8 Å². The number of para-hydroxylation sites is 1. The van der Waals surface area contributed by atoms with Gasteiger partial charge in [-0.05, 0) is 25.0 Å². The molecule has 0 atom stereocenters. The number of unbranched alkanes of at least 4 members (excludes halogenated alkanes) is 2. The Morgan fingerprint density at radius 2 is 1.95 bits per heavy atom. The van der Waals surface area contributed by atoms with Crippen LogP contribution in [0, 0.1) is 0 Å². The molecule has 108 valence electrons. The molecular formula is C13H16N2O4S. The molecule has 0 amide bonds. The monoisotopic (exact) mass is 296 g/mol. The molecular weight excluding hydrogens is 280 g/mol. The predicted molar refractivity (Wildman–Crippen MR) is 74.6 cm³/mol. The molecule has 0 radical (unpaired) electrons. The Balaban J connectivity index is 1.96. The van der Waals surface area contributed by atoms with Gasteiger partial charge in [0, 0.05) is 13.0 Å². The summed E-state index contributed by atoms with van der Waals surface area (Å²) in [6.07, 6.45) is 3.28. The molecule has 0 fully saturated rings. The van der Waals surface area contributed by atoms with E-state index in [2.05, 4.69) is 4.99 Å². The molecule has 0 unspecified atom stereocenters. The molecule has 20 heavy (non-hydrogen) atoms. The summed E-state index contributed by atoms with van der Waals surface area (Å²) in [7, 11) is -3.52. The minimum absolute atomic E-state index is 0.115. The van der Waals surface area contributed by atoms with E-state index in [0.29, 0.717) is 31.5 Å². The van der Waals surface area contributed by atoms with E-state index in [4.69, 9.17) is 5.11 Å². The molecule has 7 heteroatoms. The lowest BCUT2D eigenvalue weighted by molar-refractivity contribution is -0.137. The molecule has 1 heterocycles. The second-order valence-corrected chi connectivity index (χ2v) is 6.39. The van der Waals surface area contributed by atoms with Gasteiger partial charge >= 0.3 is 5.97 Å². The van der Waals surface area contributed by atoms with Crippen LogP contribution in [0.3, 0.4) is 0 Å². The van der Waals surface area contributed by atoms with Crippen LogP contribution in [0.2, 0.25) is 0 Å². The van der Waals surface area contributed by atoms with E-state index in [-0.39, 0.29) is 11.3 Å². The molecule has 0 bridgehead atoms. The summed E-state index contributed by atoms with van der Waals surface area (Å²) in [5, 5.41) is 8.53. The Labute approximate surface area is 117 Å². The summed E-state index contributed by atoms with van der Waals surface area (Å²) < 4.78 is 25.9. The first kappa shape index (κ1) is 14.5. The van der Waals surface area contributed by atoms with Gasteiger partial charge in [-0.25, -0.2) is 13.4 Å². The van der Waals surface area contributed by atoms with Gasteiger partial charge in [-0.2, -0.15) is 0 Å². The summed E-state index contributed by atoms with van der Waals surface area (Å²) >= 11 is 0. The average Bonchev–Trinajstić information content (AvgIpc) is 2.40. The Bertz CT molecular complexity index is 625. The van der Waals surface area contributed by atoms with Gasteiger partial charge < -0.3 is 5.11 Å². The number of sulfonamides is 1.